The molecule has 1 atom stereocenters. The number of rotatable bonds is 3. The van der Waals surface area contributed by atoms with E-state index >= 15 is 0 Å². The van der Waals surface area contributed by atoms with E-state index in [-0.39, 0.29) is 0 Å². The molecule has 0 aliphatic carbocycles. The lowest BCUT2D eigenvalue weighted by molar-refractivity contribution is 0.163. The molecule has 0 saturated carbocycles. The van der Waals surface area contributed by atoms with E-state index in [2.05, 4.69) is 9.80 Å². The molecule has 82 valence electrons. The highest BCUT2D eigenvalue weighted by Gasteiger charge is 2.27. The Morgan fingerprint density at radius 2 is 1.86 bits per heavy atom. The predicted octanol–water partition coefficient (Wildman–Crippen LogP) is 0.505. The third kappa shape index (κ3) is 2.47. The summed E-state index contributed by atoms with van der Waals surface area (Å²) in [6.07, 6.45) is 5.62. The van der Waals surface area contributed by atoms with Crippen LogP contribution in [0.2, 0.25) is 0 Å². The van der Waals surface area contributed by atoms with E-state index in [0.29, 0.717) is 0 Å². The van der Waals surface area contributed by atoms with Crippen molar-refractivity contribution in [3.05, 3.63) is 0 Å². The van der Waals surface area contributed by atoms with Gasteiger partial charge in [-0.25, -0.2) is 0 Å². The number of hydrogen-bond acceptors (Lipinski definition) is 3. The molecule has 0 radical (unpaired) electrons. The van der Waals surface area contributed by atoms with E-state index < -0.39 is 0 Å². The summed E-state index contributed by atoms with van der Waals surface area (Å²) in [5, 5.41) is 0. The summed E-state index contributed by atoms with van der Waals surface area (Å²) in [6.45, 7) is 7.09. The van der Waals surface area contributed by atoms with Crippen molar-refractivity contribution in [1.29, 1.82) is 0 Å². The molecule has 14 heavy (non-hydrogen) atoms. The average Bonchev–Trinajstić information content (AvgIpc) is 2.68. The molecule has 2 heterocycles. The molecule has 2 rings (SSSR count). The maximum atomic E-state index is 5.58. The van der Waals surface area contributed by atoms with E-state index in [0.717, 1.165) is 19.1 Å². The molecular formula is C11H23N3. The minimum absolute atomic E-state index is 0.812. The van der Waals surface area contributed by atoms with Gasteiger partial charge in [0, 0.05) is 25.7 Å². The quantitative estimate of drug-likeness (QED) is 0.715. The highest BCUT2D eigenvalue weighted by Crippen LogP contribution is 2.19. The Labute approximate surface area is 87.2 Å². The first kappa shape index (κ1) is 10.4. The number of nitrogens with zero attached hydrogens (tertiary/aromatic N) is 2. The van der Waals surface area contributed by atoms with Crippen LogP contribution in [-0.4, -0.2) is 55.1 Å². The van der Waals surface area contributed by atoms with Gasteiger partial charge < -0.3 is 10.6 Å². The van der Waals surface area contributed by atoms with Crippen molar-refractivity contribution in [2.75, 3.05) is 39.3 Å². The first-order chi connectivity index (χ1) is 6.90. The van der Waals surface area contributed by atoms with Crippen LogP contribution in [0.5, 0.6) is 0 Å². The van der Waals surface area contributed by atoms with Crippen LogP contribution in [0, 0.1) is 0 Å². The van der Waals surface area contributed by atoms with Gasteiger partial charge in [0.25, 0.3) is 0 Å². The maximum absolute atomic E-state index is 5.58. The van der Waals surface area contributed by atoms with Gasteiger partial charge in [0.05, 0.1) is 0 Å². The summed E-state index contributed by atoms with van der Waals surface area (Å²) in [7, 11) is 0. The molecule has 0 spiro atoms. The smallest absolute Gasteiger partial charge is 0.0235 e. The Bertz CT molecular complexity index is 166. The van der Waals surface area contributed by atoms with Crippen LogP contribution < -0.4 is 5.73 Å². The topological polar surface area (TPSA) is 32.5 Å². The monoisotopic (exact) mass is 197 g/mol. The number of hydrogen-bond donors (Lipinski definition) is 1. The van der Waals surface area contributed by atoms with Crippen LogP contribution in [0.1, 0.15) is 25.7 Å². The second-order valence-electron chi connectivity index (χ2n) is 4.63. The van der Waals surface area contributed by atoms with E-state index in [1.54, 1.807) is 0 Å². The molecular weight excluding hydrogens is 174 g/mol. The largest absolute Gasteiger partial charge is 0.329 e. The SMILES string of the molecule is NCCN1CCC(N2CCCCC2)C1. The zero-order valence-electron chi connectivity index (χ0n) is 9.12. The number of piperidine rings is 1. The van der Waals surface area contributed by atoms with Gasteiger partial charge in [0.2, 0.25) is 0 Å². The summed E-state index contributed by atoms with van der Waals surface area (Å²) < 4.78 is 0. The Morgan fingerprint density at radius 1 is 1.07 bits per heavy atom. The fourth-order valence-electron chi connectivity index (χ4n) is 2.78. The molecule has 3 heteroatoms. The Hall–Kier alpha value is -0.120. The van der Waals surface area contributed by atoms with Crippen LogP contribution in [0.4, 0.5) is 0 Å². The van der Waals surface area contributed by atoms with E-state index in [1.165, 1.54) is 51.9 Å². The Kier molecular flexibility index (Phi) is 3.79. The van der Waals surface area contributed by atoms with E-state index in [4.69, 9.17) is 5.73 Å². The van der Waals surface area contributed by atoms with Gasteiger partial charge in [-0.1, -0.05) is 6.42 Å². The van der Waals surface area contributed by atoms with Crippen LogP contribution in [0.15, 0.2) is 0 Å². The van der Waals surface area contributed by atoms with E-state index in [1.807, 2.05) is 0 Å². The van der Waals surface area contributed by atoms with Gasteiger partial charge in [-0.15, -0.1) is 0 Å². The zero-order valence-corrected chi connectivity index (χ0v) is 9.12. The van der Waals surface area contributed by atoms with Gasteiger partial charge in [-0.3, -0.25) is 4.90 Å². The summed E-state index contributed by atoms with van der Waals surface area (Å²) in [4.78, 5) is 5.21. The molecule has 0 bridgehead atoms. The van der Waals surface area contributed by atoms with Crippen molar-refractivity contribution in [3.63, 3.8) is 0 Å². The second-order valence-corrected chi connectivity index (χ2v) is 4.63. The molecule has 0 amide bonds. The summed E-state index contributed by atoms with van der Waals surface area (Å²) in [6, 6.07) is 0.835. The van der Waals surface area contributed by atoms with Gasteiger partial charge in [-0.05, 0) is 38.9 Å². The second kappa shape index (κ2) is 5.10. The van der Waals surface area contributed by atoms with Gasteiger partial charge in [-0.2, -0.15) is 0 Å². The minimum Gasteiger partial charge on any atom is -0.329 e. The van der Waals surface area contributed by atoms with Gasteiger partial charge in [0.15, 0.2) is 0 Å². The van der Waals surface area contributed by atoms with Crippen LogP contribution in [0.25, 0.3) is 0 Å². The van der Waals surface area contributed by atoms with Crippen LogP contribution >= 0.6 is 0 Å². The average molecular weight is 197 g/mol. The highest BCUT2D eigenvalue weighted by molar-refractivity contribution is 4.84. The van der Waals surface area contributed by atoms with Gasteiger partial charge in [0.1, 0.15) is 0 Å². The first-order valence-electron chi connectivity index (χ1n) is 6.06. The third-order valence-electron chi connectivity index (χ3n) is 3.60. The zero-order chi connectivity index (χ0) is 9.80. The normalized spacial score (nSPS) is 31.1. The molecule has 2 aliphatic rings. The molecule has 2 saturated heterocycles. The lowest BCUT2D eigenvalue weighted by Crippen LogP contribution is -2.41. The van der Waals surface area contributed by atoms with Crippen molar-refractivity contribution < 1.29 is 0 Å². The molecule has 2 aliphatic heterocycles. The van der Waals surface area contributed by atoms with Crippen molar-refractivity contribution in [2.24, 2.45) is 5.73 Å². The van der Waals surface area contributed by atoms with Crippen molar-refractivity contribution in [3.8, 4) is 0 Å². The fourth-order valence-corrected chi connectivity index (χ4v) is 2.78. The lowest BCUT2D eigenvalue weighted by atomic mass is 10.1. The summed E-state index contributed by atoms with van der Waals surface area (Å²) in [5.74, 6) is 0. The minimum atomic E-state index is 0.812. The fraction of sp³-hybridized carbons (Fsp3) is 1.00. The molecule has 2 fully saturated rings. The lowest BCUT2D eigenvalue weighted by Gasteiger charge is -2.32. The van der Waals surface area contributed by atoms with Crippen LogP contribution in [-0.2, 0) is 0 Å². The van der Waals surface area contributed by atoms with Crippen molar-refractivity contribution in [1.82, 2.24) is 9.80 Å². The number of nitrogens with two attached hydrogens (primary N) is 1. The molecule has 1 unspecified atom stereocenters. The molecule has 3 nitrogen and oxygen atoms in total. The molecule has 0 aromatic rings. The highest BCUT2D eigenvalue weighted by atomic mass is 15.3. The van der Waals surface area contributed by atoms with Crippen molar-refractivity contribution in [2.45, 2.75) is 31.7 Å². The molecule has 0 aromatic carbocycles. The summed E-state index contributed by atoms with van der Waals surface area (Å²) in [5.41, 5.74) is 5.58. The summed E-state index contributed by atoms with van der Waals surface area (Å²) >= 11 is 0. The van der Waals surface area contributed by atoms with Gasteiger partial charge >= 0.3 is 0 Å². The van der Waals surface area contributed by atoms with Crippen molar-refractivity contribution >= 4 is 0 Å². The first-order valence-corrected chi connectivity index (χ1v) is 6.06. The standard InChI is InChI=1S/C11H23N3/c12-5-9-13-8-4-11(10-13)14-6-2-1-3-7-14/h11H,1-10,12H2. The Balaban J connectivity index is 1.76. The molecule has 0 aromatic heterocycles. The molecule has 2 N–H and O–H groups in total. The van der Waals surface area contributed by atoms with Crippen LogP contribution in [0.3, 0.4) is 0 Å². The number of likely N-dealkylation sites (tertiary alicyclic amines) is 2. The third-order valence-corrected chi connectivity index (χ3v) is 3.60. The van der Waals surface area contributed by atoms with E-state index in [9.17, 15) is 0 Å². The Morgan fingerprint density at radius 3 is 2.57 bits per heavy atom. The maximum Gasteiger partial charge on any atom is 0.0235 e. The predicted molar refractivity (Wildman–Crippen MR) is 59.3 cm³/mol.